The van der Waals surface area contributed by atoms with Gasteiger partial charge in [-0.1, -0.05) is 18.2 Å². The van der Waals surface area contributed by atoms with E-state index in [1.54, 1.807) is 49.1 Å². The molecule has 3 rings (SSSR count). The van der Waals surface area contributed by atoms with E-state index >= 15 is 0 Å². The average molecular weight is 423 g/mol. The van der Waals surface area contributed by atoms with Gasteiger partial charge in [0.25, 0.3) is 5.91 Å². The molecule has 8 heteroatoms. The Morgan fingerprint density at radius 1 is 1.10 bits per heavy atom. The maximum absolute atomic E-state index is 14.6. The summed E-state index contributed by atoms with van der Waals surface area (Å²) in [4.78, 5) is 21.9. The summed E-state index contributed by atoms with van der Waals surface area (Å²) in [5, 5.41) is 6.41. The number of guanidine groups is 1. The highest BCUT2D eigenvalue weighted by Crippen LogP contribution is 2.16. The normalized spacial score (nSPS) is 11.3. The minimum Gasteiger partial charge on any atom is -0.352 e. The molecule has 1 aromatic heterocycles. The maximum Gasteiger partial charge on any atom is 0.253 e. The maximum atomic E-state index is 14.6. The van der Waals surface area contributed by atoms with Gasteiger partial charge in [0.2, 0.25) is 0 Å². The molecule has 7 nitrogen and oxygen atoms in total. The Kier molecular flexibility index (Phi) is 7.02. The Morgan fingerprint density at radius 2 is 1.74 bits per heavy atom. The van der Waals surface area contributed by atoms with Crippen molar-refractivity contribution < 1.29 is 9.18 Å². The molecule has 1 heterocycles. The first kappa shape index (κ1) is 22.0. The summed E-state index contributed by atoms with van der Waals surface area (Å²) in [6.45, 7) is 2.80. The van der Waals surface area contributed by atoms with Crippen LogP contribution in [0.1, 0.15) is 27.3 Å². The summed E-state index contributed by atoms with van der Waals surface area (Å²) in [6, 6.07) is 12.6. The van der Waals surface area contributed by atoms with Crippen molar-refractivity contribution in [2.24, 2.45) is 4.99 Å². The van der Waals surface area contributed by atoms with Crippen LogP contribution >= 0.6 is 0 Å². The lowest BCUT2D eigenvalue weighted by atomic mass is 10.1. The van der Waals surface area contributed by atoms with Gasteiger partial charge in [-0.05, 0) is 42.3 Å². The van der Waals surface area contributed by atoms with Gasteiger partial charge < -0.3 is 20.1 Å². The number of hydrogen-bond donors (Lipinski definition) is 2. The molecular weight excluding hydrogens is 395 g/mol. The highest BCUT2D eigenvalue weighted by Gasteiger charge is 2.09. The molecule has 162 valence electrons. The zero-order valence-electron chi connectivity index (χ0n) is 18.2. The van der Waals surface area contributed by atoms with Gasteiger partial charge in [0.1, 0.15) is 11.6 Å². The average Bonchev–Trinajstić information content (AvgIpc) is 3.19. The summed E-state index contributed by atoms with van der Waals surface area (Å²) in [5.74, 6) is 0.992. The van der Waals surface area contributed by atoms with Crippen molar-refractivity contribution in [2.45, 2.75) is 20.0 Å². The largest absolute Gasteiger partial charge is 0.352 e. The van der Waals surface area contributed by atoms with Crippen molar-refractivity contribution in [3.63, 3.8) is 0 Å². The van der Waals surface area contributed by atoms with Crippen molar-refractivity contribution in [1.29, 1.82) is 0 Å². The van der Waals surface area contributed by atoms with E-state index in [2.05, 4.69) is 20.6 Å². The summed E-state index contributed by atoms with van der Waals surface area (Å²) in [5.41, 5.74) is 2.93. The van der Waals surface area contributed by atoms with Crippen LogP contribution < -0.4 is 10.6 Å². The van der Waals surface area contributed by atoms with Crippen LogP contribution in [0.25, 0.3) is 5.69 Å². The van der Waals surface area contributed by atoms with Crippen molar-refractivity contribution in [3.8, 4) is 5.69 Å². The molecule has 2 N–H and O–H groups in total. The van der Waals surface area contributed by atoms with Gasteiger partial charge in [0.15, 0.2) is 5.96 Å². The van der Waals surface area contributed by atoms with Crippen LogP contribution in [0.3, 0.4) is 0 Å². The second-order valence-corrected chi connectivity index (χ2v) is 7.31. The molecule has 0 unspecified atom stereocenters. The molecule has 0 saturated carbocycles. The molecule has 1 amide bonds. The molecule has 0 bridgehead atoms. The van der Waals surface area contributed by atoms with Crippen LogP contribution in [0.5, 0.6) is 0 Å². The monoisotopic (exact) mass is 422 g/mol. The Balaban J connectivity index is 1.55. The van der Waals surface area contributed by atoms with Gasteiger partial charge in [-0.25, -0.2) is 9.37 Å². The number of hydrogen-bond acceptors (Lipinski definition) is 3. The molecule has 0 aliphatic heterocycles. The van der Waals surface area contributed by atoms with E-state index in [4.69, 9.17) is 0 Å². The third-order valence-corrected chi connectivity index (χ3v) is 4.85. The predicted octanol–water partition coefficient (Wildman–Crippen LogP) is 2.89. The number of nitrogens with zero attached hydrogens (tertiary/aromatic N) is 4. The number of halogens is 1. The molecule has 2 aromatic carbocycles. The molecule has 0 aliphatic rings. The molecule has 31 heavy (non-hydrogen) atoms. The first-order valence-electron chi connectivity index (χ1n) is 9.93. The van der Waals surface area contributed by atoms with E-state index in [9.17, 15) is 9.18 Å². The van der Waals surface area contributed by atoms with Gasteiger partial charge in [-0.3, -0.25) is 9.79 Å². The molecule has 0 saturated heterocycles. The lowest BCUT2D eigenvalue weighted by Crippen LogP contribution is -2.36. The van der Waals surface area contributed by atoms with Gasteiger partial charge in [-0.15, -0.1) is 0 Å². The highest BCUT2D eigenvalue weighted by molar-refractivity contribution is 5.93. The topological polar surface area (TPSA) is 74.6 Å². The molecule has 0 atom stereocenters. The van der Waals surface area contributed by atoms with E-state index in [1.165, 1.54) is 6.07 Å². The fourth-order valence-corrected chi connectivity index (χ4v) is 3.10. The third-order valence-electron chi connectivity index (χ3n) is 4.85. The minimum absolute atomic E-state index is 0.0292. The van der Waals surface area contributed by atoms with Crippen LogP contribution in [0.4, 0.5) is 4.39 Å². The van der Waals surface area contributed by atoms with E-state index in [1.807, 2.05) is 37.3 Å². The van der Waals surface area contributed by atoms with Gasteiger partial charge in [0.05, 0.1) is 5.69 Å². The Bertz CT molecular complexity index is 1070. The number of aliphatic imine (C=N–C) groups is 1. The zero-order valence-corrected chi connectivity index (χ0v) is 18.2. The van der Waals surface area contributed by atoms with E-state index in [0.29, 0.717) is 30.3 Å². The van der Waals surface area contributed by atoms with Crippen LogP contribution in [0.15, 0.2) is 59.9 Å². The smallest absolute Gasteiger partial charge is 0.253 e. The molecule has 0 radical (unpaired) electrons. The number of nitrogens with one attached hydrogen (secondary N) is 2. The second-order valence-electron chi connectivity index (χ2n) is 7.31. The predicted molar refractivity (Wildman–Crippen MR) is 120 cm³/mol. The van der Waals surface area contributed by atoms with Crippen molar-refractivity contribution in [1.82, 2.24) is 25.1 Å². The van der Waals surface area contributed by atoms with E-state index in [0.717, 1.165) is 17.0 Å². The van der Waals surface area contributed by atoms with Crippen molar-refractivity contribution in [3.05, 3.63) is 83.2 Å². The lowest BCUT2D eigenvalue weighted by molar-refractivity contribution is 0.0827. The molecule has 0 aliphatic carbocycles. The number of benzene rings is 2. The van der Waals surface area contributed by atoms with E-state index in [-0.39, 0.29) is 11.7 Å². The number of carbonyl (C=O) groups is 1. The number of rotatable bonds is 6. The molecule has 0 fully saturated rings. The molecule has 3 aromatic rings. The molecule has 0 spiro atoms. The van der Waals surface area contributed by atoms with Crippen LogP contribution in [0.2, 0.25) is 0 Å². The Hall–Kier alpha value is -3.68. The lowest BCUT2D eigenvalue weighted by Gasteiger charge is -2.14. The first-order chi connectivity index (χ1) is 14.9. The van der Waals surface area contributed by atoms with Gasteiger partial charge >= 0.3 is 0 Å². The second kappa shape index (κ2) is 9.88. The number of amides is 1. The van der Waals surface area contributed by atoms with Crippen LogP contribution in [-0.4, -0.2) is 47.5 Å². The Morgan fingerprint density at radius 3 is 2.29 bits per heavy atom. The van der Waals surface area contributed by atoms with E-state index < -0.39 is 0 Å². The summed E-state index contributed by atoms with van der Waals surface area (Å²) < 4.78 is 16.3. The summed E-state index contributed by atoms with van der Waals surface area (Å²) in [6.07, 6.45) is 3.38. The fraction of sp³-hybridized carbons (Fsp3) is 0.261. The quantitative estimate of drug-likeness (QED) is 0.473. The minimum atomic E-state index is -0.310. The third kappa shape index (κ3) is 5.48. The summed E-state index contributed by atoms with van der Waals surface area (Å²) in [7, 11) is 5.14. The zero-order chi connectivity index (χ0) is 22.4. The standard InChI is InChI=1S/C23H27FN6O/c1-16-26-11-12-30(16)21-10-7-18(13-20(21)24)15-28-23(25-2)27-14-17-5-8-19(9-6-17)22(31)29(3)4/h5-13H,14-15H2,1-4H3,(H2,25,27,28). The summed E-state index contributed by atoms with van der Waals surface area (Å²) >= 11 is 0. The fourth-order valence-electron chi connectivity index (χ4n) is 3.10. The van der Waals surface area contributed by atoms with Crippen LogP contribution in [0, 0.1) is 12.7 Å². The number of aromatic nitrogens is 2. The number of aryl methyl sites for hydroxylation is 1. The van der Waals surface area contributed by atoms with Gasteiger partial charge in [-0.2, -0.15) is 0 Å². The van der Waals surface area contributed by atoms with Crippen LogP contribution in [-0.2, 0) is 13.1 Å². The molecular formula is C23H27FN6O. The van der Waals surface area contributed by atoms with Gasteiger partial charge in [0, 0.05) is 52.2 Å². The number of imidazole rings is 1. The Labute approximate surface area is 181 Å². The van der Waals surface area contributed by atoms with Crippen molar-refractivity contribution in [2.75, 3.05) is 21.1 Å². The van der Waals surface area contributed by atoms with Crippen molar-refractivity contribution >= 4 is 11.9 Å². The highest BCUT2D eigenvalue weighted by atomic mass is 19.1. The SMILES string of the molecule is CN=C(NCc1ccc(C(=O)N(C)C)cc1)NCc1ccc(-n2ccnc2C)c(F)c1. The first-order valence-corrected chi connectivity index (χ1v) is 9.93. The number of carbonyl (C=O) groups excluding carboxylic acids is 1.